The van der Waals surface area contributed by atoms with Gasteiger partial charge < -0.3 is 10.1 Å². The summed E-state index contributed by atoms with van der Waals surface area (Å²) in [4.78, 5) is 4.37. The zero-order valence-electron chi connectivity index (χ0n) is 9.94. The Labute approximate surface area is 110 Å². The number of aryl methyl sites for hydroxylation is 1. The number of nitrogens with one attached hydrogen (secondary N) is 1. The van der Waals surface area contributed by atoms with Crippen LogP contribution < -0.4 is 5.32 Å². The van der Waals surface area contributed by atoms with Crippen LogP contribution in [0.2, 0.25) is 0 Å². The third-order valence-electron chi connectivity index (χ3n) is 3.42. The van der Waals surface area contributed by atoms with E-state index in [2.05, 4.69) is 14.7 Å². The van der Waals surface area contributed by atoms with Crippen LogP contribution in [0.5, 0.6) is 0 Å². The van der Waals surface area contributed by atoms with E-state index in [9.17, 15) is 0 Å². The molecule has 1 aromatic heterocycles. The molecule has 3 rings (SSSR count). The number of nitrogens with zero attached hydrogens (tertiary/aromatic N) is 2. The highest BCUT2D eigenvalue weighted by Gasteiger charge is 2.40. The number of thioether (sulfide) groups is 1. The summed E-state index contributed by atoms with van der Waals surface area (Å²) in [6, 6.07) is 0.495. The molecule has 0 bridgehead atoms. The Morgan fingerprint density at radius 1 is 1.53 bits per heavy atom. The quantitative estimate of drug-likeness (QED) is 0.894. The third-order valence-corrected chi connectivity index (χ3v) is 5.38. The minimum atomic E-state index is 0.139. The predicted octanol–water partition coefficient (Wildman–Crippen LogP) is 2.31. The van der Waals surface area contributed by atoms with Gasteiger partial charge in [-0.3, -0.25) is 0 Å². The molecule has 2 fully saturated rings. The summed E-state index contributed by atoms with van der Waals surface area (Å²) in [6.45, 7) is 2.80. The van der Waals surface area contributed by atoms with Gasteiger partial charge in [0.2, 0.25) is 5.13 Å². The molecule has 2 aliphatic heterocycles. The van der Waals surface area contributed by atoms with Crippen LogP contribution in [-0.4, -0.2) is 39.1 Å². The molecule has 1 spiro atoms. The van der Waals surface area contributed by atoms with Crippen molar-refractivity contribution in [3.05, 3.63) is 5.82 Å². The Morgan fingerprint density at radius 3 is 3.18 bits per heavy atom. The minimum absolute atomic E-state index is 0.139. The van der Waals surface area contributed by atoms with E-state index in [-0.39, 0.29) is 5.60 Å². The lowest BCUT2D eigenvalue weighted by Crippen LogP contribution is -2.44. The van der Waals surface area contributed by atoms with Crippen molar-refractivity contribution in [1.29, 1.82) is 0 Å². The number of aromatic nitrogens is 2. The Bertz CT molecular complexity index is 390. The maximum Gasteiger partial charge on any atom is 0.202 e. The number of hydrogen-bond donors (Lipinski definition) is 1. The molecular weight excluding hydrogens is 254 g/mol. The molecule has 0 aromatic carbocycles. The highest BCUT2D eigenvalue weighted by molar-refractivity contribution is 7.99. The van der Waals surface area contributed by atoms with Gasteiger partial charge in [0.1, 0.15) is 5.82 Å². The second kappa shape index (κ2) is 4.74. The van der Waals surface area contributed by atoms with Crippen molar-refractivity contribution in [3.63, 3.8) is 0 Å². The molecule has 1 N–H and O–H groups in total. The zero-order valence-corrected chi connectivity index (χ0v) is 11.6. The van der Waals surface area contributed by atoms with E-state index in [4.69, 9.17) is 4.74 Å². The van der Waals surface area contributed by atoms with Crippen LogP contribution in [0, 0.1) is 6.92 Å². The van der Waals surface area contributed by atoms with Gasteiger partial charge in [0.25, 0.3) is 0 Å². The van der Waals surface area contributed by atoms with E-state index in [1.165, 1.54) is 23.7 Å². The monoisotopic (exact) mass is 271 g/mol. The molecule has 2 atom stereocenters. The lowest BCUT2D eigenvalue weighted by atomic mass is 9.90. The summed E-state index contributed by atoms with van der Waals surface area (Å²) in [7, 11) is 0. The molecule has 4 nitrogen and oxygen atoms in total. The van der Waals surface area contributed by atoms with Crippen molar-refractivity contribution in [1.82, 2.24) is 9.36 Å². The van der Waals surface area contributed by atoms with Crippen LogP contribution in [0.1, 0.15) is 25.1 Å². The van der Waals surface area contributed by atoms with E-state index < -0.39 is 0 Å². The molecule has 0 radical (unpaired) electrons. The van der Waals surface area contributed by atoms with Crippen LogP contribution in [-0.2, 0) is 4.74 Å². The zero-order chi connectivity index (χ0) is 11.7. The van der Waals surface area contributed by atoms with Crippen molar-refractivity contribution in [2.24, 2.45) is 0 Å². The largest absolute Gasteiger partial charge is 0.374 e. The standard InChI is InChI=1S/C11H17N3OS2/c1-8-12-10(17-14-8)13-9-2-4-15-11(6-9)3-5-16-7-11/h9H,2-7H2,1H3,(H,12,13,14)/t9-,11-/m1/s1. The smallest absolute Gasteiger partial charge is 0.202 e. The maximum atomic E-state index is 6.01. The van der Waals surface area contributed by atoms with Crippen molar-refractivity contribution >= 4 is 28.4 Å². The van der Waals surface area contributed by atoms with Gasteiger partial charge >= 0.3 is 0 Å². The molecule has 6 heteroatoms. The highest BCUT2D eigenvalue weighted by Crippen LogP contribution is 2.38. The Kier molecular flexibility index (Phi) is 3.28. The van der Waals surface area contributed by atoms with E-state index in [0.717, 1.165) is 36.2 Å². The van der Waals surface area contributed by atoms with Crippen LogP contribution in [0.3, 0.4) is 0 Å². The topological polar surface area (TPSA) is 47.0 Å². The van der Waals surface area contributed by atoms with Gasteiger partial charge in [-0.2, -0.15) is 16.1 Å². The van der Waals surface area contributed by atoms with Gasteiger partial charge in [0.15, 0.2) is 0 Å². The van der Waals surface area contributed by atoms with Crippen molar-refractivity contribution in [2.45, 2.75) is 37.8 Å². The molecule has 1 aromatic rings. The molecule has 3 heterocycles. The maximum absolute atomic E-state index is 6.01. The van der Waals surface area contributed by atoms with E-state index in [0.29, 0.717) is 6.04 Å². The summed E-state index contributed by atoms with van der Waals surface area (Å²) in [5, 5.41) is 4.46. The fraction of sp³-hybridized carbons (Fsp3) is 0.818. The summed E-state index contributed by atoms with van der Waals surface area (Å²) in [6.07, 6.45) is 3.38. The second-order valence-electron chi connectivity index (χ2n) is 4.81. The molecule has 17 heavy (non-hydrogen) atoms. The van der Waals surface area contributed by atoms with Crippen LogP contribution in [0.25, 0.3) is 0 Å². The normalized spacial score (nSPS) is 33.1. The summed E-state index contributed by atoms with van der Waals surface area (Å²) in [5.41, 5.74) is 0.139. The Balaban J connectivity index is 1.64. The van der Waals surface area contributed by atoms with E-state index in [1.807, 2.05) is 18.7 Å². The van der Waals surface area contributed by atoms with Crippen molar-refractivity contribution < 1.29 is 4.74 Å². The number of hydrogen-bond acceptors (Lipinski definition) is 6. The van der Waals surface area contributed by atoms with Crippen LogP contribution in [0.4, 0.5) is 5.13 Å². The Morgan fingerprint density at radius 2 is 2.47 bits per heavy atom. The SMILES string of the molecule is Cc1nsc(N[C@@H]2CCO[C@]3(CCSC3)C2)n1. The molecular formula is C11H17N3OS2. The lowest BCUT2D eigenvalue weighted by molar-refractivity contribution is -0.0628. The molecule has 0 aliphatic carbocycles. The minimum Gasteiger partial charge on any atom is -0.374 e. The lowest BCUT2D eigenvalue weighted by Gasteiger charge is -2.37. The van der Waals surface area contributed by atoms with Gasteiger partial charge in [0, 0.05) is 29.9 Å². The van der Waals surface area contributed by atoms with Crippen molar-refractivity contribution in [3.8, 4) is 0 Å². The highest BCUT2D eigenvalue weighted by atomic mass is 32.2. The average Bonchev–Trinajstić information content (AvgIpc) is 2.89. The molecule has 0 amide bonds. The number of ether oxygens (including phenoxy) is 1. The molecule has 2 saturated heterocycles. The molecule has 0 saturated carbocycles. The second-order valence-corrected chi connectivity index (χ2v) is 6.67. The first-order valence-electron chi connectivity index (χ1n) is 6.04. The van der Waals surface area contributed by atoms with Gasteiger partial charge in [-0.15, -0.1) is 0 Å². The van der Waals surface area contributed by atoms with Gasteiger partial charge in [-0.05, 0) is 31.9 Å². The van der Waals surface area contributed by atoms with E-state index in [1.54, 1.807) is 0 Å². The first-order chi connectivity index (χ1) is 8.26. The molecule has 94 valence electrons. The summed E-state index contributed by atoms with van der Waals surface area (Å²) in [5.74, 6) is 3.25. The van der Waals surface area contributed by atoms with Crippen molar-refractivity contribution in [2.75, 3.05) is 23.4 Å². The average molecular weight is 271 g/mol. The first kappa shape index (κ1) is 11.7. The predicted molar refractivity (Wildman–Crippen MR) is 71.9 cm³/mol. The first-order valence-corrected chi connectivity index (χ1v) is 7.97. The Hall–Kier alpha value is -0.330. The number of anilines is 1. The fourth-order valence-electron chi connectivity index (χ4n) is 2.54. The van der Waals surface area contributed by atoms with Gasteiger partial charge in [-0.1, -0.05) is 0 Å². The van der Waals surface area contributed by atoms with Gasteiger partial charge in [0.05, 0.1) is 5.60 Å². The van der Waals surface area contributed by atoms with Crippen LogP contribution >= 0.6 is 23.3 Å². The number of rotatable bonds is 2. The third kappa shape index (κ3) is 2.58. The van der Waals surface area contributed by atoms with Gasteiger partial charge in [-0.25, -0.2) is 4.98 Å². The molecule has 0 unspecified atom stereocenters. The van der Waals surface area contributed by atoms with E-state index >= 15 is 0 Å². The summed E-state index contributed by atoms with van der Waals surface area (Å²) >= 11 is 3.47. The molecule has 2 aliphatic rings. The fourth-order valence-corrected chi connectivity index (χ4v) is 4.57. The summed E-state index contributed by atoms with van der Waals surface area (Å²) < 4.78 is 10.2. The van der Waals surface area contributed by atoms with Crippen LogP contribution in [0.15, 0.2) is 0 Å².